The van der Waals surface area contributed by atoms with Crippen LogP contribution in [0.25, 0.3) is 0 Å². The second kappa shape index (κ2) is 6.19. The topological polar surface area (TPSA) is 94.2 Å². The van der Waals surface area contributed by atoms with Crippen LogP contribution in [-0.4, -0.2) is 47.0 Å². The number of aromatic nitrogens is 2. The van der Waals surface area contributed by atoms with E-state index in [1.807, 2.05) is 13.8 Å². The van der Waals surface area contributed by atoms with Gasteiger partial charge in [0.2, 0.25) is 5.82 Å². The summed E-state index contributed by atoms with van der Waals surface area (Å²) >= 11 is 0. The molecule has 2 heterocycles. The molecule has 1 atom stereocenters. The summed E-state index contributed by atoms with van der Waals surface area (Å²) in [5.41, 5.74) is 0.481. The Balaban J connectivity index is 2.17. The molecule has 20 heavy (non-hydrogen) atoms. The quantitative estimate of drug-likeness (QED) is 0.620. The van der Waals surface area contributed by atoms with Gasteiger partial charge in [-0.25, -0.2) is 4.68 Å². The molecule has 1 aromatic heterocycles. The first kappa shape index (κ1) is 14.7. The van der Waals surface area contributed by atoms with Crippen molar-refractivity contribution in [1.29, 1.82) is 0 Å². The lowest BCUT2D eigenvalue weighted by Gasteiger charge is -2.24. The number of hydrogen-bond acceptors (Lipinski definition) is 6. The number of aryl methyl sites for hydroxylation is 1. The van der Waals surface area contributed by atoms with Crippen LogP contribution in [0.3, 0.4) is 0 Å². The van der Waals surface area contributed by atoms with E-state index in [1.54, 1.807) is 11.6 Å². The largest absolute Gasteiger partial charge is 0.378 e. The lowest BCUT2D eigenvalue weighted by Crippen LogP contribution is -2.45. The highest BCUT2D eigenvalue weighted by Crippen LogP contribution is 2.30. The summed E-state index contributed by atoms with van der Waals surface area (Å²) in [7, 11) is 0. The van der Waals surface area contributed by atoms with Crippen LogP contribution in [0.4, 0.5) is 11.5 Å². The Morgan fingerprint density at radius 1 is 1.65 bits per heavy atom. The van der Waals surface area contributed by atoms with Gasteiger partial charge in [-0.1, -0.05) is 0 Å². The van der Waals surface area contributed by atoms with E-state index in [-0.39, 0.29) is 22.7 Å². The number of rotatable bonds is 5. The summed E-state index contributed by atoms with van der Waals surface area (Å²) in [5, 5.41) is 21.9. The summed E-state index contributed by atoms with van der Waals surface area (Å²) in [6, 6.07) is 0.208. The Morgan fingerprint density at radius 2 is 2.40 bits per heavy atom. The van der Waals surface area contributed by atoms with Crippen LogP contribution in [0.1, 0.15) is 25.6 Å². The Morgan fingerprint density at radius 3 is 2.95 bits per heavy atom. The Hall–Kier alpha value is -1.67. The summed E-state index contributed by atoms with van der Waals surface area (Å²) in [6.45, 7) is 8.24. The minimum Gasteiger partial charge on any atom is -0.378 e. The fourth-order valence-electron chi connectivity index (χ4n) is 2.27. The smallest absolute Gasteiger partial charge is 0.333 e. The van der Waals surface area contributed by atoms with Crippen molar-refractivity contribution in [3.05, 3.63) is 15.8 Å². The lowest BCUT2D eigenvalue weighted by molar-refractivity contribution is -0.384. The molecule has 1 fully saturated rings. The van der Waals surface area contributed by atoms with E-state index in [4.69, 9.17) is 4.74 Å². The van der Waals surface area contributed by atoms with Gasteiger partial charge < -0.3 is 15.4 Å². The Labute approximate surface area is 117 Å². The molecule has 1 aliphatic rings. The number of hydrogen-bond donors (Lipinski definition) is 2. The average Bonchev–Trinajstić information content (AvgIpc) is 2.74. The normalized spacial score (nSPS) is 19.3. The van der Waals surface area contributed by atoms with Gasteiger partial charge in [-0.05, 0) is 20.8 Å². The number of nitro groups is 1. The first-order valence-corrected chi connectivity index (χ1v) is 6.79. The zero-order chi connectivity index (χ0) is 14.7. The fraction of sp³-hybridized carbons (Fsp3) is 0.750. The van der Waals surface area contributed by atoms with Gasteiger partial charge in [-0.3, -0.25) is 10.1 Å². The average molecular weight is 283 g/mol. The van der Waals surface area contributed by atoms with Gasteiger partial charge in [0.15, 0.2) is 0 Å². The third-order valence-electron chi connectivity index (χ3n) is 3.24. The molecule has 1 saturated heterocycles. The van der Waals surface area contributed by atoms with Gasteiger partial charge in [0.1, 0.15) is 5.69 Å². The molecule has 1 unspecified atom stereocenters. The maximum absolute atomic E-state index is 11.2. The molecule has 0 amide bonds. The van der Waals surface area contributed by atoms with Crippen molar-refractivity contribution in [2.75, 3.05) is 31.6 Å². The van der Waals surface area contributed by atoms with Crippen molar-refractivity contribution in [1.82, 2.24) is 15.1 Å². The van der Waals surface area contributed by atoms with Crippen LogP contribution in [0, 0.1) is 17.0 Å². The standard InChI is InChI=1S/C12H21N5O3/c1-8(2)16-12(11(17(18)19)9(3)15-16)14-6-10-7-20-5-4-13-10/h8,10,13-14H,4-7H2,1-3H3. The molecular weight excluding hydrogens is 262 g/mol. The molecule has 2 rings (SSSR count). The van der Waals surface area contributed by atoms with Crippen LogP contribution in [0.5, 0.6) is 0 Å². The third-order valence-corrected chi connectivity index (χ3v) is 3.24. The molecule has 0 bridgehead atoms. The predicted octanol–water partition coefficient (Wildman–Crippen LogP) is 1.08. The van der Waals surface area contributed by atoms with Crippen LogP contribution in [0.2, 0.25) is 0 Å². The minimum absolute atomic E-state index is 0.0513. The van der Waals surface area contributed by atoms with E-state index in [0.717, 1.165) is 6.54 Å². The van der Waals surface area contributed by atoms with Gasteiger partial charge in [0, 0.05) is 25.2 Å². The van der Waals surface area contributed by atoms with Gasteiger partial charge in [-0.15, -0.1) is 0 Å². The minimum atomic E-state index is -0.381. The van der Waals surface area contributed by atoms with E-state index in [2.05, 4.69) is 15.7 Å². The van der Waals surface area contributed by atoms with E-state index >= 15 is 0 Å². The van der Waals surface area contributed by atoms with Crippen LogP contribution < -0.4 is 10.6 Å². The third kappa shape index (κ3) is 3.07. The van der Waals surface area contributed by atoms with Crippen molar-refractivity contribution in [3.8, 4) is 0 Å². The molecular formula is C12H21N5O3. The Kier molecular flexibility index (Phi) is 4.56. The maximum Gasteiger partial charge on any atom is 0.333 e. The summed E-state index contributed by atoms with van der Waals surface area (Å²) in [5.74, 6) is 0.467. The Bertz CT molecular complexity index is 480. The molecule has 0 spiro atoms. The maximum atomic E-state index is 11.2. The molecule has 8 heteroatoms. The number of morpholine rings is 1. The van der Waals surface area contributed by atoms with Gasteiger partial charge in [0.25, 0.3) is 0 Å². The van der Waals surface area contributed by atoms with Crippen molar-refractivity contribution in [2.45, 2.75) is 32.9 Å². The van der Waals surface area contributed by atoms with Crippen molar-refractivity contribution >= 4 is 11.5 Å². The highest BCUT2D eigenvalue weighted by Gasteiger charge is 2.27. The zero-order valence-corrected chi connectivity index (χ0v) is 12.0. The van der Waals surface area contributed by atoms with Crippen LogP contribution in [-0.2, 0) is 4.74 Å². The van der Waals surface area contributed by atoms with Crippen LogP contribution in [0.15, 0.2) is 0 Å². The monoisotopic (exact) mass is 283 g/mol. The van der Waals surface area contributed by atoms with E-state index in [0.29, 0.717) is 31.3 Å². The molecule has 112 valence electrons. The van der Waals surface area contributed by atoms with E-state index in [9.17, 15) is 10.1 Å². The van der Waals surface area contributed by atoms with Gasteiger partial charge >= 0.3 is 5.69 Å². The summed E-state index contributed by atoms with van der Waals surface area (Å²) in [4.78, 5) is 10.8. The van der Waals surface area contributed by atoms with Gasteiger partial charge in [0.05, 0.1) is 18.1 Å². The second-order valence-corrected chi connectivity index (χ2v) is 5.18. The molecule has 0 radical (unpaired) electrons. The summed E-state index contributed by atoms with van der Waals surface area (Å²) < 4.78 is 7.04. The number of nitrogens with one attached hydrogen (secondary N) is 2. The van der Waals surface area contributed by atoms with Crippen molar-refractivity contribution < 1.29 is 9.66 Å². The molecule has 2 N–H and O–H groups in total. The van der Waals surface area contributed by atoms with Crippen molar-refractivity contribution in [2.24, 2.45) is 0 Å². The molecule has 0 aliphatic carbocycles. The van der Waals surface area contributed by atoms with Crippen molar-refractivity contribution in [3.63, 3.8) is 0 Å². The number of anilines is 1. The van der Waals surface area contributed by atoms with E-state index in [1.165, 1.54) is 0 Å². The van der Waals surface area contributed by atoms with E-state index < -0.39 is 0 Å². The second-order valence-electron chi connectivity index (χ2n) is 5.18. The highest BCUT2D eigenvalue weighted by atomic mass is 16.6. The first-order valence-electron chi connectivity index (χ1n) is 6.79. The molecule has 8 nitrogen and oxygen atoms in total. The number of ether oxygens (including phenoxy) is 1. The van der Waals surface area contributed by atoms with Crippen LogP contribution >= 0.6 is 0 Å². The fourth-order valence-corrected chi connectivity index (χ4v) is 2.27. The first-order chi connectivity index (χ1) is 9.50. The summed E-state index contributed by atoms with van der Waals surface area (Å²) in [6.07, 6.45) is 0. The molecule has 0 saturated carbocycles. The number of nitrogens with zero attached hydrogens (tertiary/aromatic N) is 3. The molecule has 1 aliphatic heterocycles. The highest BCUT2D eigenvalue weighted by molar-refractivity contribution is 5.59. The zero-order valence-electron chi connectivity index (χ0n) is 12.0. The SMILES string of the molecule is Cc1nn(C(C)C)c(NCC2COCCN2)c1[N+](=O)[O-]. The molecule has 1 aromatic rings. The predicted molar refractivity (Wildman–Crippen MR) is 75.1 cm³/mol. The van der Waals surface area contributed by atoms with Gasteiger partial charge in [-0.2, -0.15) is 5.10 Å². The lowest BCUT2D eigenvalue weighted by atomic mass is 10.2. The molecule has 0 aromatic carbocycles.